The van der Waals surface area contributed by atoms with E-state index in [2.05, 4.69) is 28.0 Å². The van der Waals surface area contributed by atoms with Crippen LogP contribution in [0.15, 0.2) is 0 Å². The van der Waals surface area contributed by atoms with Crippen LogP contribution in [0.4, 0.5) is 0 Å². The zero-order chi connectivity index (χ0) is 6.74. The SMILES string of the molecule is [O]=[Cr]1(=[O])[O]OOOO[O]1.[Zn]. The van der Waals surface area contributed by atoms with Crippen molar-refractivity contribution in [3.05, 3.63) is 0 Å². The van der Waals surface area contributed by atoms with Gasteiger partial charge in [-0.05, 0) is 0 Å². The first-order valence-electron chi connectivity index (χ1n) is 1.50. The second kappa shape index (κ2) is 4.41. The molecule has 8 nitrogen and oxygen atoms in total. The second-order valence-electron chi connectivity index (χ2n) is 0.816. The molecule has 10 heteroatoms. The Morgan fingerprint density at radius 1 is 0.800 bits per heavy atom. The van der Waals surface area contributed by atoms with Crippen LogP contribution in [-0.2, 0) is 68.7 Å². The van der Waals surface area contributed by atoms with Crippen LogP contribution in [0.3, 0.4) is 0 Å². The smallest absolute Gasteiger partial charge is 0 e. The predicted octanol–water partition coefficient (Wildman–Crippen LogP) is -0.653. The molecule has 10 heavy (non-hydrogen) atoms. The van der Waals surface area contributed by atoms with Crippen LogP contribution in [0.25, 0.3) is 0 Å². The summed E-state index contributed by atoms with van der Waals surface area (Å²) in [6, 6.07) is 0. The molecule has 1 saturated heterocycles. The van der Waals surface area contributed by atoms with Gasteiger partial charge in [0, 0.05) is 19.5 Å². The van der Waals surface area contributed by atoms with Gasteiger partial charge >= 0.3 is 49.3 Å². The molecule has 1 rings (SSSR count). The Morgan fingerprint density at radius 2 is 1.20 bits per heavy atom. The van der Waals surface area contributed by atoms with E-state index in [1.54, 1.807) is 0 Å². The topological polar surface area (TPSA) is 89.5 Å². The molecular weight excluding hydrogens is 245 g/mol. The zero-order valence-corrected chi connectivity index (χ0v) is 8.62. The molecule has 0 saturated carbocycles. The molecule has 0 unspecified atom stereocenters. The molecule has 0 aromatic heterocycles. The second-order valence-corrected chi connectivity index (χ2v) is 2.52. The van der Waals surface area contributed by atoms with E-state index in [1.807, 2.05) is 0 Å². The van der Waals surface area contributed by atoms with Crippen molar-refractivity contribution >= 4 is 0 Å². The van der Waals surface area contributed by atoms with Crippen molar-refractivity contribution in [2.24, 2.45) is 0 Å². The maximum atomic E-state index is 10.1. The van der Waals surface area contributed by atoms with Gasteiger partial charge in [-0.1, -0.05) is 0 Å². The first-order chi connectivity index (χ1) is 4.21. The molecule has 0 aromatic carbocycles. The standard InChI is InChI=1S/Cr.H2O6.2O.Zn/c;1-3-5-6-4-2;;;/h;1-2H;;;/q+2;;;;/p-2. The molecule has 0 radical (unpaired) electrons. The first kappa shape index (κ1) is 10.5. The van der Waals surface area contributed by atoms with Gasteiger partial charge in [0.1, 0.15) is 0 Å². The van der Waals surface area contributed by atoms with Gasteiger partial charge in [0.05, 0.1) is 0 Å². The average molecular weight is 245 g/mol. The van der Waals surface area contributed by atoms with Crippen LogP contribution in [-0.4, -0.2) is 0 Å². The van der Waals surface area contributed by atoms with E-state index in [0.717, 1.165) is 0 Å². The van der Waals surface area contributed by atoms with Gasteiger partial charge in [0.15, 0.2) is 0 Å². The molecule has 0 amide bonds. The molecule has 1 aliphatic heterocycles. The summed E-state index contributed by atoms with van der Waals surface area (Å²) < 4.78 is 27.1. The minimum absolute atomic E-state index is 0. The summed E-state index contributed by atoms with van der Waals surface area (Å²) in [5, 5.41) is 13.6. The van der Waals surface area contributed by atoms with Crippen molar-refractivity contribution in [2.45, 2.75) is 0 Å². The van der Waals surface area contributed by atoms with Crippen LogP contribution < -0.4 is 0 Å². The Labute approximate surface area is 69.1 Å². The van der Waals surface area contributed by atoms with Crippen LogP contribution in [0.2, 0.25) is 0 Å². The fraction of sp³-hybridized carbons (Fsp3) is 0. The van der Waals surface area contributed by atoms with E-state index in [9.17, 15) is 7.61 Å². The van der Waals surface area contributed by atoms with Crippen LogP contribution >= 0.6 is 0 Å². The van der Waals surface area contributed by atoms with Crippen molar-refractivity contribution < 1.29 is 68.7 Å². The van der Waals surface area contributed by atoms with Crippen molar-refractivity contribution in [2.75, 3.05) is 0 Å². The van der Waals surface area contributed by atoms with Gasteiger partial charge in [0.25, 0.3) is 0 Å². The molecule has 0 spiro atoms. The van der Waals surface area contributed by atoms with E-state index in [-0.39, 0.29) is 19.5 Å². The van der Waals surface area contributed by atoms with E-state index < -0.39 is 13.6 Å². The normalized spacial score (nSPS) is 24.4. The van der Waals surface area contributed by atoms with Crippen molar-refractivity contribution in [3.8, 4) is 0 Å². The van der Waals surface area contributed by atoms with Crippen molar-refractivity contribution in [3.63, 3.8) is 0 Å². The zero-order valence-electron chi connectivity index (χ0n) is 4.38. The Hall–Kier alpha value is 0.516. The van der Waals surface area contributed by atoms with Gasteiger partial charge in [-0.25, -0.2) is 0 Å². The minimum atomic E-state index is -5.00. The third-order valence-electron chi connectivity index (χ3n) is 0.306. The Balaban J connectivity index is 0.000000810. The third-order valence-corrected chi connectivity index (χ3v) is 1.000. The largest absolute Gasteiger partial charge is 0 e. The molecule has 1 heterocycles. The Bertz CT molecular complexity index is 154. The maximum Gasteiger partial charge on any atom is 0 e. The molecule has 0 aromatic rings. The van der Waals surface area contributed by atoms with Crippen LogP contribution in [0.1, 0.15) is 0 Å². The quantitative estimate of drug-likeness (QED) is 0.411. The first-order valence-corrected chi connectivity index (χ1v) is 3.58. The summed E-state index contributed by atoms with van der Waals surface area (Å²) in [7, 11) is 0. The minimum Gasteiger partial charge on any atom is 0 e. The van der Waals surface area contributed by atoms with Crippen LogP contribution in [0, 0.1) is 0 Å². The van der Waals surface area contributed by atoms with Gasteiger partial charge in [-0.3, -0.25) is 0 Å². The molecule has 0 atom stereocenters. The fourth-order valence-electron chi connectivity index (χ4n) is 0.125. The van der Waals surface area contributed by atoms with E-state index >= 15 is 0 Å². The number of hydrogen-bond donors (Lipinski definition) is 0. The van der Waals surface area contributed by atoms with Gasteiger partial charge in [-0.2, -0.15) is 0 Å². The summed E-state index contributed by atoms with van der Waals surface area (Å²) in [5.41, 5.74) is 0. The van der Waals surface area contributed by atoms with Crippen molar-refractivity contribution in [1.82, 2.24) is 0 Å². The summed E-state index contributed by atoms with van der Waals surface area (Å²) in [5.74, 6) is 0. The third kappa shape index (κ3) is 3.63. The summed E-state index contributed by atoms with van der Waals surface area (Å²) in [6.45, 7) is 0. The van der Waals surface area contributed by atoms with Gasteiger partial charge < -0.3 is 0 Å². The monoisotopic (exact) mass is 244 g/mol. The molecule has 56 valence electrons. The summed E-state index contributed by atoms with van der Waals surface area (Å²) in [6.07, 6.45) is 0. The maximum absolute atomic E-state index is 10.1. The van der Waals surface area contributed by atoms with E-state index in [4.69, 9.17) is 0 Å². The molecular formula is CrO8Zn. The van der Waals surface area contributed by atoms with Crippen molar-refractivity contribution in [1.29, 1.82) is 0 Å². The van der Waals surface area contributed by atoms with E-state index in [0.29, 0.717) is 0 Å². The predicted molar refractivity (Wildman–Crippen MR) is 7.88 cm³/mol. The summed E-state index contributed by atoms with van der Waals surface area (Å²) in [4.78, 5) is 0. The number of hydrogen-bond acceptors (Lipinski definition) is 8. The van der Waals surface area contributed by atoms with Crippen LogP contribution in [0.5, 0.6) is 0 Å². The molecule has 0 bridgehead atoms. The van der Waals surface area contributed by atoms with Gasteiger partial charge in [-0.15, -0.1) is 0 Å². The van der Waals surface area contributed by atoms with Gasteiger partial charge in [0.2, 0.25) is 0 Å². The summed E-state index contributed by atoms with van der Waals surface area (Å²) >= 11 is -5.00. The fourth-order valence-corrected chi connectivity index (χ4v) is 0.443. The molecule has 1 aliphatic rings. The van der Waals surface area contributed by atoms with E-state index in [1.165, 1.54) is 0 Å². The Kier molecular flexibility index (Phi) is 4.63. The molecule has 0 N–H and O–H groups in total. The Morgan fingerprint density at radius 3 is 1.60 bits per heavy atom. The molecule has 1 fully saturated rings. The average Bonchev–Trinajstić information content (AvgIpc) is 1.92. The number of rotatable bonds is 0. The molecule has 0 aliphatic carbocycles.